The summed E-state index contributed by atoms with van der Waals surface area (Å²) in [5.41, 5.74) is 4.03. The first kappa shape index (κ1) is 20.7. The maximum atomic E-state index is 13.2. The van der Waals surface area contributed by atoms with Crippen molar-refractivity contribution in [1.82, 2.24) is 14.8 Å². The van der Waals surface area contributed by atoms with Gasteiger partial charge in [0.15, 0.2) is 0 Å². The van der Waals surface area contributed by atoms with Crippen molar-refractivity contribution in [3.05, 3.63) is 58.9 Å². The molecule has 0 spiro atoms. The predicted molar refractivity (Wildman–Crippen MR) is 118 cm³/mol. The van der Waals surface area contributed by atoms with Crippen LogP contribution in [0.1, 0.15) is 53.0 Å². The van der Waals surface area contributed by atoms with Gasteiger partial charge >= 0.3 is 0 Å². The van der Waals surface area contributed by atoms with Crippen molar-refractivity contribution in [2.24, 2.45) is 11.8 Å². The minimum atomic E-state index is -0.0651. The molecule has 0 saturated carbocycles. The minimum absolute atomic E-state index is 0.0275. The highest BCUT2D eigenvalue weighted by atomic mass is 16.2. The molecule has 2 aliphatic rings. The molecule has 0 aliphatic carbocycles. The van der Waals surface area contributed by atoms with Crippen molar-refractivity contribution in [1.29, 1.82) is 0 Å². The van der Waals surface area contributed by atoms with E-state index < -0.39 is 0 Å². The van der Waals surface area contributed by atoms with Crippen LogP contribution >= 0.6 is 0 Å². The Hall–Kier alpha value is -2.56. The molecule has 2 saturated heterocycles. The SMILES string of the molecule is Cc1cc(C)c(C(=O)N2CCC[C@@H](C(=O)N3CCC(Cc4ccccc4)CC3)C2)[nH]1. The van der Waals surface area contributed by atoms with Crippen molar-refractivity contribution in [2.75, 3.05) is 26.2 Å². The third-order valence-corrected chi connectivity index (χ3v) is 6.71. The van der Waals surface area contributed by atoms with Crippen molar-refractivity contribution in [2.45, 2.75) is 46.0 Å². The second kappa shape index (κ2) is 9.07. The molecule has 4 rings (SSSR count). The van der Waals surface area contributed by atoms with E-state index in [1.54, 1.807) is 0 Å². The summed E-state index contributed by atoms with van der Waals surface area (Å²) in [7, 11) is 0. The van der Waals surface area contributed by atoms with Crippen LogP contribution < -0.4 is 0 Å². The van der Waals surface area contributed by atoms with Crippen LogP contribution in [0.3, 0.4) is 0 Å². The fourth-order valence-corrected chi connectivity index (χ4v) is 5.04. The Kier molecular flexibility index (Phi) is 6.26. The minimum Gasteiger partial charge on any atom is -0.354 e. The molecule has 2 amide bonds. The highest BCUT2D eigenvalue weighted by molar-refractivity contribution is 5.94. The lowest BCUT2D eigenvalue weighted by Gasteiger charge is -2.38. The number of aromatic amines is 1. The van der Waals surface area contributed by atoms with Gasteiger partial charge in [0.1, 0.15) is 5.69 Å². The highest BCUT2D eigenvalue weighted by Crippen LogP contribution is 2.26. The van der Waals surface area contributed by atoms with E-state index in [2.05, 4.69) is 35.3 Å². The summed E-state index contributed by atoms with van der Waals surface area (Å²) >= 11 is 0. The Morgan fingerprint density at radius 3 is 2.40 bits per heavy atom. The second-order valence-corrected chi connectivity index (χ2v) is 9.06. The van der Waals surface area contributed by atoms with Crippen molar-refractivity contribution >= 4 is 11.8 Å². The van der Waals surface area contributed by atoms with Gasteiger partial charge in [0.2, 0.25) is 5.91 Å². The topological polar surface area (TPSA) is 56.4 Å². The van der Waals surface area contributed by atoms with E-state index in [0.717, 1.165) is 63.0 Å². The van der Waals surface area contributed by atoms with Crippen LogP contribution in [0.15, 0.2) is 36.4 Å². The van der Waals surface area contributed by atoms with Crippen molar-refractivity contribution < 1.29 is 9.59 Å². The van der Waals surface area contributed by atoms with Gasteiger partial charge < -0.3 is 14.8 Å². The number of aromatic nitrogens is 1. The van der Waals surface area contributed by atoms with Gasteiger partial charge in [0.05, 0.1) is 5.92 Å². The maximum absolute atomic E-state index is 13.2. The molecule has 1 N–H and O–H groups in total. The largest absolute Gasteiger partial charge is 0.354 e. The van der Waals surface area contributed by atoms with Crippen LogP contribution in [0.4, 0.5) is 0 Å². The fourth-order valence-electron chi connectivity index (χ4n) is 5.04. The fraction of sp³-hybridized carbons (Fsp3) is 0.520. The number of likely N-dealkylation sites (tertiary alicyclic amines) is 2. The van der Waals surface area contributed by atoms with Crippen molar-refractivity contribution in [3.8, 4) is 0 Å². The molecule has 0 radical (unpaired) electrons. The standard InChI is InChI=1S/C25H33N3O2/c1-18-15-19(2)26-23(18)25(30)28-12-6-9-22(17-28)24(29)27-13-10-21(11-14-27)16-20-7-4-3-5-8-20/h3-5,7-8,15,21-22,26H,6,9-14,16-17H2,1-2H3/t22-/m1/s1. The first-order valence-electron chi connectivity index (χ1n) is 11.3. The summed E-state index contributed by atoms with van der Waals surface area (Å²) in [6, 6.07) is 12.6. The van der Waals surface area contributed by atoms with Gasteiger partial charge in [-0.15, -0.1) is 0 Å². The lowest BCUT2D eigenvalue weighted by molar-refractivity contribution is -0.138. The average molecular weight is 408 g/mol. The number of H-pyrrole nitrogens is 1. The number of carbonyl (C=O) groups excluding carboxylic acids is 2. The van der Waals surface area contributed by atoms with Crippen LogP contribution in [-0.2, 0) is 11.2 Å². The van der Waals surface area contributed by atoms with Gasteiger partial charge in [-0.3, -0.25) is 9.59 Å². The molecule has 30 heavy (non-hydrogen) atoms. The maximum Gasteiger partial charge on any atom is 0.270 e. The first-order valence-corrected chi connectivity index (χ1v) is 11.3. The van der Waals surface area contributed by atoms with Gasteiger partial charge in [0.25, 0.3) is 5.91 Å². The zero-order chi connectivity index (χ0) is 21.1. The number of amides is 2. The summed E-state index contributed by atoms with van der Waals surface area (Å²) in [6.45, 7) is 6.89. The Balaban J connectivity index is 1.31. The van der Waals surface area contributed by atoms with E-state index in [9.17, 15) is 9.59 Å². The van der Waals surface area contributed by atoms with E-state index in [1.807, 2.05) is 29.7 Å². The number of rotatable bonds is 4. The average Bonchev–Trinajstić information content (AvgIpc) is 3.12. The molecule has 0 unspecified atom stereocenters. The second-order valence-electron chi connectivity index (χ2n) is 9.06. The molecule has 3 heterocycles. The lowest BCUT2D eigenvalue weighted by Crippen LogP contribution is -2.48. The number of carbonyl (C=O) groups is 2. The molecule has 5 heteroatoms. The van der Waals surface area contributed by atoms with Gasteiger partial charge in [-0.05, 0) is 69.1 Å². The Morgan fingerprint density at radius 1 is 1.00 bits per heavy atom. The zero-order valence-electron chi connectivity index (χ0n) is 18.2. The van der Waals surface area contributed by atoms with E-state index >= 15 is 0 Å². The third-order valence-electron chi connectivity index (χ3n) is 6.71. The summed E-state index contributed by atoms with van der Waals surface area (Å²) < 4.78 is 0. The van der Waals surface area contributed by atoms with E-state index in [4.69, 9.17) is 0 Å². The Labute approximate surface area is 179 Å². The zero-order valence-corrected chi connectivity index (χ0v) is 18.2. The summed E-state index contributed by atoms with van der Waals surface area (Å²) in [6.07, 6.45) is 5.01. The molecule has 2 aromatic rings. The van der Waals surface area contributed by atoms with E-state index in [1.165, 1.54) is 5.56 Å². The number of piperidine rings is 2. The normalized spacial score (nSPS) is 20.4. The molecular weight excluding hydrogens is 374 g/mol. The predicted octanol–water partition coefficient (Wildman–Crippen LogP) is 3.97. The van der Waals surface area contributed by atoms with Gasteiger partial charge in [0, 0.05) is 31.9 Å². The van der Waals surface area contributed by atoms with Crippen LogP contribution in [0.5, 0.6) is 0 Å². The quantitative estimate of drug-likeness (QED) is 0.834. The smallest absolute Gasteiger partial charge is 0.270 e. The van der Waals surface area contributed by atoms with E-state index in [0.29, 0.717) is 18.2 Å². The summed E-state index contributed by atoms with van der Waals surface area (Å²) in [4.78, 5) is 33.2. The molecular formula is C25H33N3O2. The number of benzene rings is 1. The van der Waals surface area contributed by atoms with Crippen LogP contribution in [0.25, 0.3) is 0 Å². The summed E-state index contributed by atoms with van der Waals surface area (Å²) in [5, 5.41) is 0. The van der Waals surface area contributed by atoms with Crippen LogP contribution in [0, 0.1) is 25.7 Å². The van der Waals surface area contributed by atoms with Crippen molar-refractivity contribution in [3.63, 3.8) is 0 Å². The number of aryl methyl sites for hydroxylation is 2. The third kappa shape index (κ3) is 4.61. The van der Waals surface area contributed by atoms with Gasteiger partial charge in [-0.2, -0.15) is 0 Å². The van der Waals surface area contributed by atoms with Crippen LogP contribution in [0.2, 0.25) is 0 Å². The molecule has 160 valence electrons. The van der Waals surface area contributed by atoms with Gasteiger partial charge in [-0.25, -0.2) is 0 Å². The van der Waals surface area contributed by atoms with Crippen LogP contribution in [-0.4, -0.2) is 52.8 Å². The number of hydrogen-bond acceptors (Lipinski definition) is 2. The Bertz CT molecular complexity index is 881. The van der Waals surface area contributed by atoms with E-state index in [-0.39, 0.29) is 17.7 Å². The van der Waals surface area contributed by atoms with Gasteiger partial charge in [-0.1, -0.05) is 30.3 Å². The highest BCUT2D eigenvalue weighted by Gasteiger charge is 2.33. The lowest BCUT2D eigenvalue weighted by atomic mass is 9.89. The number of nitrogens with zero attached hydrogens (tertiary/aromatic N) is 2. The summed E-state index contributed by atoms with van der Waals surface area (Å²) in [5.74, 6) is 0.856. The molecule has 0 bridgehead atoms. The molecule has 1 aromatic carbocycles. The molecule has 5 nitrogen and oxygen atoms in total. The molecule has 1 atom stereocenters. The Morgan fingerprint density at radius 2 is 1.73 bits per heavy atom. The number of hydrogen-bond donors (Lipinski definition) is 1. The monoisotopic (exact) mass is 407 g/mol. The molecule has 1 aromatic heterocycles. The number of nitrogens with one attached hydrogen (secondary N) is 1. The first-order chi connectivity index (χ1) is 14.5. The molecule has 2 aliphatic heterocycles. The molecule has 2 fully saturated rings.